The van der Waals surface area contributed by atoms with Crippen molar-refractivity contribution in [3.63, 3.8) is 0 Å². The molecule has 0 saturated carbocycles. The summed E-state index contributed by atoms with van der Waals surface area (Å²) in [6, 6.07) is 14.2. The van der Waals surface area contributed by atoms with Crippen LogP contribution in [0.2, 0.25) is 0 Å². The molecule has 1 atom stereocenters. The average Bonchev–Trinajstić information content (AvgIpc) is 3.51. The molecule has 0 fully saturated rings. The fraction of sp³-hybridized carbons (Fsp3) is 0.200. The van der Waals surface area contributed by atoms with Gasteiger partial charge >= 0.3 is 0 Å². The number of hydrogen-bond acceptors (Lipinski definition) is 5. The lowest BCUT2D eigenvalue weighted by Gasteiger charge is -2.23. The summed E-state index contributed by atoms with van der Waals surface area (Å²) in [4.78, 5) is 28.0. The third-order valence-electron chi connectivity index (χ3n) is 6.42. The number of carbonyl (C=O) groups excluding carboxylic acids is 2. The van der Waals surface area contributed by atoms with Crippen LogP contribution in [0.4, 0.5) is 14.5 Å². The highest BCUT2D eigenvalue weighted by Gasteiger charge is 2.57. The molecule has 0 aliphatic carbocycles. The second kappa shape index (κ2) is 7.44. The van der Waals surface area contributed by atoms with Gasteiger partial charge < -0.3 is 24.4 Å². The number of hydrogen-bond donors (Lipinski definition) is 1. The molecule has 6 rings (SSSR count). The Morgan fingerprint density at radius 2 is 1.74 bits per heavy atom. The smallest absolute Gasteiger partial charge is 0.246 e. The number of para-hydroxylation sites is 1. The Morgan fingerprint density at radius 1 is 0.941 bits per heavy atom. The van der Waals surface area contributed by atoms with Gasteiger partial charge in [-0.15, -0.1) is 0 Å². The first kappa shape index (κ1) is 20.5. The molecule has 9 heteroatoms. The van der Waals surface area contributed by atoms with Crippen molar-refractivity contribution in [2.24, 2.45) is 0 Å². The zero-order chi connectivity index (χ0) is 23.4. The van der Waals surface area contributed by atoms with E-state index < -0.39 is 23.0 Å². The van der Waals surface area contributed by atoms with E-state index in [9.17, 15) is 18.4 Å². The fourth-order valence-electron chi connectivity index (χ4n) is 4.77. The minimum absolute atomic E-state index is 0.000272. The lowest BCUT2D eigenvalue weighted by Crippen LogP contribution is -2.46. The van der Waals surface area contributed by atoms with E-state index in [2.05, 4.69) is 5.32 Å². The van der Waals surface area contributed by atoms with Crippen LogP contribution in [0.25, 0.3) is 0 Å². The monoisotopic (exact) mass is 464 g/mol. The number of rotatable bonds is 4. The molecule has 3 aliphatic heterocycles. The molecule has 3 aromatic rings. The number of fused-ring (bicyclic) bond motifs is 5. The van der Waals surface area contributed by atoms with Gasteiger partial charge in [0.1, 0.15) is 24.3 Å². The van der Waals surface area contributed by atoms with E-state index in [-0.39, 0.29) is 32.4 Å². The summed E-state index contributed by atoms with van der Waals surface area (Å²) in [6.45, 7) is -0.0461. The molecule has 3 heterocycles. The number of benzene rings is 3. The molecule has 2 amide bonds. The first-order valence-corrected chi connectivity index (χ1v) is 10.7. The van der Waals surface area contributed by atoms with E-state index >= 15 is 0 Å². The van der Waals surface area contributed by atoms with E-state index in [1.54, 1.807) is 24.3 Å². The molecular weight excluding hydrogens is 446 g/mol. The number of halogens is 2. The zero-order valence-electron chi connectivity index (χ0n) is 17.8. The molecule has 0 radical (unpaired) electrons. The molecular formula is C25H18F2N2O5. The summed E-state index contributed by atoms with van der Waals surface area (Å²) in [6.07, 6.45) is 0. The Morgan fingerprint density at radius 3 is 2.56 bits per heavy atom. The van der Waals surface area contributed by atoms with Gasteiger partial charge in [-0.25, -0.2) is 8.78 Å². The summed E-state index contributed by atoms with van der Waals surface area (Å²) >= 11 is 0. The van der Waals surface area contributed by atoms with Gasteiger partial charge in [0.15, 0.2) is 23.1 Å². The van der Waals surface area contributed by atoms with Crippen LogP contribution >= 0.6 is 0 Å². The molecule has 7 nitrogen and oxygen atoms in total. The highest BCUT2D eigenvalue weighted by atomic mass is 19.2. The van der Waals surface area contributed by atoms with Gasteiger partial charge in [0.2, 0.25) is 18.6 Å². The van der Waals surface area contributed by atoms with Gasteiger partial charge in [-0.1, -0.05) is 24.3 Å². The van der Waals surface area contributed by atoms with Crippen molar-refractivity contribution >= 4 is 17.5 Å². The molecule has 172 valence electrons. The van der Waals surface area contributed by atoms with Crippen LogP contribution < -0.4 is 24.4 Å². The lowest BCUT2D eigenvalue weighted by molar-refractivity contribution is -0.125. The molecule has 1 N–H and O–H groups in total. The highest BCUT2D eigenvalue weighted by Crippen LogP contribution is 2.54. The Bertz CT molecular complexity index is 1360. The Balaban J connectivity index is 1.29. The topological polar surface area (TPSA) is 77.1 Å². The Labute approximate surface area is 192 Å². The maximum Gasteiger partial charge on any atom is 0.246 e. The Hall–Kier alpha value is -4.14. The predicted octanol–water partition coefficient (Wildman–Crippen LogP) is 3.04. The van der Waals surface area contributed by atoms with Crippen LogP contribution in [-0.4, -0.2) is 31.8 Å². The summed E-state index contributed by atoms with van der Waals surface area (Å²) in [5, 5.41) is 2.67. The van der Waals surface area contributed by atoms with Crippen LogP contribution in [0.15, 0.2) is 54.6 Å². The van der Waals surface area contributed by atoms with Crippen molar-refractivity contribution in [2.75, 3.05) is 24.8 Å². The predicted molar refractivity (Wildman–Crippen MR) is 116 cm³/mol. The summed E-state index contributed by atoms with van der Waals surface area (Å²) in [5.74, 6) is -1.03. The van der Waals surface area contributed by atoms with Crippen LogP contribution in [0.3, 0.4) is 0 Å². The third-order valence-corrected chi connectivity index (χ3v) is 6.42. The van der Waals surface area contributed by atoms with Crippen LogP contribution in [0.5, 0.6) is 17.2 Å². The number of carbonyl (C=O) groups is 2. The molecule has 1 unspecified atom stereocenters. The van der Waals surface area contributed by atoms with Crippen molar-refractivity contribution in [2.45, 2.75) is 12.0 Å². The molecule has 3 aromatic carbocycles. The molecule has 34 heavy (non-hydrogen) atoms. The number of ether oxygens (including phenoxy) is 3. The van der Waals surface area contributed by atoms with Crippen LogP contribution in [-0.2, 0) is 21.5 Å². The van der Waals surface area contributed by atoms with Gasteiger partial charge in [0, 0.05) is 23.9 Å². The largest absolute Gasteiger partial charge is 0.491 e. The fourth-order valence-corrected chi connectivity index (χ4v) is 4.77. The van der Waals surface area contributed by atoms with Crippen molar-refractivity contribution in [3.8, 4) is 17.2 Å². The quantitative estimate of drug-likeness (QED) is 0.643. The highest BCUT2D eigenvalue weighted by molar-refractivity contribution is 6.13. The summed E-state index contributed by atoms with van der Waals surface area (Å²) in [7, 11) is 0. The molecule has 1 spiro atoms. The lowest BCUT2D eigenvalue weighted by atomic mass is 9.77. The maximum atomic E-state index is 13.8. The van der Waals surface area contributed by atoms with Crippen molar-refractivity contribution in [1.82, 2.24) is 5.32 Å². The standard InChI is InChI=1S/C25H18F2N2O5/c26-17-6-5-14(7-18(17)27)10-28-23(30)11-29-19-4-2-1-3-15(19)25(24(29)31)12-32-20-9-22-21(8-16(20)25)33-13-34-22/h1-9H,10-13H2,(H,28,30). The second-order valence-corrected chi connectivity index (χ2v) is 8.33. The average molecular weight is 464 g/mol. The normalized spacial score (nSPS) is 19.2. The van der Waals surface area contributed by atoms with Gasteiger partial charge in [-0.2, -0.15) is 0 Å². The zero-order valence-corrected chi connectivity index (χ0v) is 17.8. The number of nitrogens with one attached hydrogen (secondary N) is 1. The second-order valence-electron chi connectivity index (χ2n) is 8.33. The van der Waals surface area contributed by atoms with E-state index in [4.69, 9.17) is 14.2 Å². The summed E-state index contributed by atoms with van der Waals surface area (Å²) in [5.41, 5.74) is 1.33. The number of anilines is 1. The first-order chi connectivity index (χ1) is 16.5. The third kappa shape index (κ3) is 2.93. The van der Waals surface area contributed by atoms with Crippen LogP contribution in [0, 0.1) is 11.6 Å². The first-order valence-electron chi connectivity index (χ1n) is 10.7. The maximum absolute atomic E-state index is 13.8. The number of amides is 2. The Kier molecular flexibility index (Phi) is 4.48. The van der Waals surface area contributed by atoms with Gasteiger partial charge in [0.05, 0.1) is 0 Å². The van der Waals surface area contributed by atoms with E-state index in [0.29, 0.717) is 34.1 Å². The van der Waals surface area contributed by atoms with E-state index in [0.717, 1.165) is 17.7 Å². The van der Waals surface area contributed by atoms with Crippen molar-refractivity contribution in [3.05, 3.63) is 82.9 Å². The van der Waals surface area contributed by atoms with Crippen molar-refractivity contribution < 1.29 is 32.6 Å². The molecule has 0 bridgehead atoms. The van der Waals surface area contributed by atoms with E-state index in [1.807, 2.05) is 12.1 Å². The van der Waals surface area contributed by atoms with Gasteiger partial charge in [-0.3, -0.25) is 9.59 Å². The minimum atomic E-state index is -1.10. The minimum Gasteiger partial charge on any atom is -0.491 e. The van der Waals surface area contributed by atoms with Crippen LogP contribution in [0.1, 0.15) is 16.7 Å². The number of nitrogens with zero attached hydrogens (tertiary/aromatic N) is 1. The van der Waals surface area contributed by atoms with Gasteiger partial charge in [0.25, 0.3) is 0 Å². The summed E-state index contributed by atoms with van der Waals surface area (Å²) < 4.78 is 43.5. The van der Waals surface area contributed by atoms with E-state index in [1.165, 1.54) is 11.0 Å². The van der Waals surface area contributed by atoms with Gasteiger partial charge in [-0.05, 0) is 35.4 Å². The molecule has 0 aromatic heterocycles. The molecule has 3 aliphatic rings. The molecule has 0 saturated heterocycles. The SMILES string of the molecule is O=C(CN1C(=O)C2(COc3cc4c(cc32)OCO4)c2ccccc21)NCc1ccc(F)c(F)c1. The van der Waals surface area contributed by atoms with Crippen molar-refractivity contribution in [1.29, 1.82) is 0 Å².